The summed E-state index contributed by atoms with van der Waals surface area (Å²) in [5.41, 5.74) is 1.80. The summed E-state index contributed by atoms with van der Waals surface area (Å²) in [7, 11) is 1.50. The van der Waals surface area contributed by atoms with E-state index in [1.165, 1.54) is 24.5 Å². The lowest BCUT2D eigenvalue weighted by Crippen LogP contribution is -2.13. The second-order valence-electron chi connectivity index (χ2n) is 6.45. The van der Waals surface area contributed by atoms with Gasteiger partial charge in [-0.25, -0.2) is 0 Å². The van der Waals surface area contributed by atoms with E-state index in [1.54, 1.807) is 30.3 Å². The zero-order valence-corrected chi connectivity index (χ0v) is 18.3. The summed E-state index contributed by atoms with van der Waals surface area (Å²) in [5, 5.41) is 30.2. The van der Waals surface area contributed by atoms with Crippen molar-refractivity contribution in [3.05, 3.63) is 69.7 Å². The quantitative estimate of drug-likeness (QED) is 0.409. The van der Waals surface area contributed by atoms with Crippen LogP contribution in [-0.2, 0) is 17.8 Å². The Kier molecular flexibility index (Phi) is 7.52. The first-order valence-electron chi connectivity index (χ1n) is 9.62. The maximum atomic E-state index is 12.4. The molecule has 0 atom stereocenters. The van der Waals surface area contributed by atoms with Gasteiger partial charge in [0.1, 0.15) is 23.3 Å². The van der Waals surface area contributed by atoms with Crippen LogP contribution in [0.1, 0.15) is 28.6 Å². The number of carbonyl (C=O) groups is 1. The molecule has 0 spiro atoms. The fourth-order valence-corrected chi connectivity index (χ4v) is 3.41. The monoisotopic (exact) mass is 445 g/mol. The molecule has 9 heteroatoms. The molecule has 32 heavy (non-hydrogen) atoms. The number of aromatic nitrogens is 2. The number of amides is 1. The molecule has 0 saturated heterocycles. The molecule has 1 heterocycles. The standard InChI is InChI=1S/C23H19N5O3S/c1-3-21-27-28-23(32-21)26-22(29)18(13-25)10-15-8-9-19(20(11-15)30-2)31-14-17-7-5-4-6-16(17)12-24/h4-11H,3,14H2,1-2H3,(H,26,28,29)/b18-10-. The molecule has 0 saturated carbocycles. The lowest BCUT2D eigenvalue weighted by molar-refractivity contribution is -0.112. The minimum Gasteiger partial charge on any atom is -0.493 e. The maximum Gasteiger partial charge on any atom is 0.268 e. The number of hydrogen-bond acceptors (Lipinski definition) is 8. The number of aryl methyl sites for hydroxylation is 1. The molecule has 1 aromatic heterocycles. The predicted molar refractivity (Wildman–Crippen MR) is 120 cm³/mol. The average Bonchev–Trinajstić information content (AvgIpc) is 3.28. The molecule has 3 aromatic rings. The molecule has 3 rings (SSSR count). The first-order valence-corrected chi connectivity index (χ1v) is 10.4. The van der Waals surface area contributed by atoms with Gasteiger partial charge in [0.2, 0.25) is 5.13 Å². The molecule has 0 aliphatic carbocycles. The lowest BCUT2D eigenvalue weighted by atomic mass is 10.1. The number of nitrogens with zero attached hydrogens (tertiary/aromatic N) is 4. The largest absolute Gasteiger partial charge is 0.493 e. The summed E-state index contributed by atoms with van der Waals surface area (Å²) in [4.78, 5) is 12.4. The van der Waals surface area contributed by atoms with Crippen LogP contribution in [0.4, 0.5) is 5.13 Å². The van der Waals surface area contributed by atoms with Crippen molar-refractivity contribution in [1.82, 2.24) is 10.2 Å². The van der Waals surface area contributed by atoms with E-state index in [-0.39, 0.29) is 12.2 Å². The molecule has 0 fully saturated rings. The number of benzene rings is 2. The van der Waals surface area contributed by atoms with Crippen molar-refractivity contribution in [2.75, 3.05) is 12.4 Å². The summed E-state index contributed by atoms with van der Waals surface area (Å²) < 4.78 is 11.2. The highest BCUT2D eigenvalue weighted by molar-refractivity contribution is 7.15. The number of hydrogen-bond donors (Lipinski definition) is 1. The number of nitriles is 2. The molecular weight excluding hydrogens is 426 g/mol. The van der Waals surface area contributed by atoms with E-state index < -0.39 is 5.91 Å². The van der Waals surface area contributed by atoms with E-state index in [4.69, 9.17) is 9.47 Å². The summed E-state index contributed by atoms with van der Waals surface area (Å²) in [6.45, 7) is 2.14. The summed E-state index contributed by atoms with van der Waals surface area (Å²) in [6, 6.07) is 16.3. The van der Waals surface area contributed by atoms with Gasteiger partial charge in [0, 0.05) is 5.56 Å². The number of carbonyl (C=O) groups excluding carboxylic acids is 1. The maximum absolute atomic E-state index is 12.4. The second kappa shape index (κ2) is 10.7. The van der Waals surface area contributed by atoms with E-state index in [2.05, 4.69) is 21.6 Å². The van der Waals surface area contributed by atoms with Gasteiger partial charge in [-0.15, -0.1) is 10.2 Å². The van der Waals surface area contributed by atoms with Gasteiger partial charge >= 0.3 is 0 Å². The van der Waals surface area contributed by atoms with Crippen molar-refractivity contribution >= 4 is 28.5 Å². The van der Waals surface area contributed by atoms with Crippen molar-refractivity contribution in [2.24, 2.45) is 0 Å². The molecule has 160 valence electrons. The van der Waals surface area contributed by atoms with Crippen LogP contribution in [0.3, 0.4) is 0 Å². The first-order chi connectivity index (χ1) is 15.6. The normalized spacial score (nSPS) is 10.7. The van der Waals surface area contributed by atoms with Crippen LogP contribution in [-0.4, -0.2) is 23.2 Å². The van der Waals surface area contributed by atoms with E-state index in [0.717, 1.165) is 10.6 Å². The van der Waals surface area contributed by atoms with Crippen LogP contribution in [0.25, 0.3) is 6.08 Å². The molecule has 1 N–H and O–H groups in total. The predicted octanol–water partition coefficient (Wildman–Crippen LogP) is 4.11. The van der Waals surface area contributed by atoms with Gasteiger partial charge in [-0.2, -0.15) is 10.5 Å². The summed E-state index contributed by atoms with van der Waals surface area (Å²) in [6.07, 6.45) is 2.17. The molecule has 8 nitrogen and oxygen atoms in total. The minimum absolute atomic E-state index is 0.0862. The van der Waals surface area contributed by atoms with E-state index >= 15 is 0 Å². The molecule has 0 unspecified atom stereocenters. The van der Waals surface area contributed by atoms with Crippen molar-refractivity contribution in [1.29, 1.82) is 10.5 Å². The molecule has 1 amide bonds. The van der Waals surface area contributed by atoms with Crippen molar-refractivity contribution in [2.45, 2.75) is 20.0 Å². The van der Waals surface area contributed by atoms with Crippen molar-refractivity contribution < 1.29 is 14.3 Å². The Morgan fingerprint density at radius 2 is 2.00 bits per heavy atom. The Balaban J connectivity index is 1.76. The summed E-state index contributed by atoms with van der Waals surface area (Å²) >= 11 is 1.26. The van der Waals surface area contributed by atoms with Crippen LogP contribution in [0.2, 0.25) is 0 Å². The molecule has 0 bridgehead atoms. The zero-order valence-electron chi connectivity index (χ0n) is 17.5. The van der Waals surface area contributed by atoms with Crippen LogP contribution in [0, 0.1) is 22.7 Å². The first kappa shape index (κ1) is 22.5. The van der Waals surface area contributed by atoms with E-state index in [1.807, 2.05) is 25.1 Å². The molecular formula is C23H19N5O3S. The fourth-order valence-electron chi connectivity index (χ4n) is 2.73. The molecule has 0 aliphatic heterocycles. The van der Waals surface area contributed by atoms with Crippen LogP contribution >= 0.6 is 11.3 Å². The van der Waals surface area contributed by atoms with Gasteiger partial charge in [-0.05, 0) is 36.3 Å². The highest BCUT2D eigenvalue weighted by atomic mass is 32.1. The number of anilines is 1. The Hall–Kier alpha value is -4.21. The fraction of sp³-hybridized carbons (Fsp3) is 0.174. The van der Waals surface area contributed by atoms with E-state index in [0.29, 0.717) is 34.2 Å². The third-order valence-corrected chi connectivity index (χ3v) is 5.36. The van der Waals surface area contributed by atoms with Crippen LogP contribution < -0.4 is 14.8 Å². The SMILES string of the molecule is CCc1nnc(NC(=O)/C(C#N)=C\c2ccc(OCc3ccccc3C#N)c(OC)c2)s1. The van der Waals surface area contributed by atoms with Gasteiger partial charge < -0.3 is 9.47 Å². The van der Waals surface area contributed by atoms with Gasteiger partial charge in [-0.3, -0.25) is 10.1 Å². The molecule has 0 aliphatic rings. The van der Waals surface area contributed by atoms with Crippen LogP contribution in [0.15, 0.2) is 48.0 Å². The molecule has 0 radical (unpaired) electrons. The topological polar surface area (TPSA) is 121 Å². The van der Waals surface area contributed by atoms with Gasteiger partial charge in [0.05, 0.1) is 18.7 Å². The third-order valence-electron chi connectivity index (χ3n) is 4.37. The number of rotatable bonds is 8. The smallest absolute Gasteiger partial charge is 0.268 e. The Labute approximate surface area is 189 Å². The van der Waals surface area contributed by atoms with Gasteiger partial charge in [0.25, 0.3) is 5.91 Å². The Morgan fingerprint density at radius 1 is 1.19 bits per heavy atom. The number of nitrogens with one attached hydrogen (secondary N) is 1. The lowest BCUT2D eigenvalue weighted by Gasteiger charge is -2.12. The number of methoxy groups -OCH3 is 1. The van der Waals surface area contributed by atoms with Crippen molar-refractivity contribution in [3.8, 4) is 23.6 Å². The van der Waals surface area contributed by atoms with Crippen molar-refractivity contribution in [3.63, 3.8) is 0 Å². The number of ether oxygens (including phenoxy) is 2. The van der Waals surface area contributed by atoms with E-state index in [9.17, 15) is 15.3 Å². The highest BCUT2D eigenvalue weighted by Crippen LogP contribution is 2.30. The van der Waals surface area contributed by atoms with Gasteiger partial charge in [0.15, 0.2) is 11.5 Å². The van der Waals surface area contributed by atoms with Crippen LogP contribution in [0.5, 0.6) is 11.5 Å². The highest BCUT2D eigenvalue weighted by Gasteiger charge is 2.14. The average molecular weight is 446 g/mol. The van der Waals surface area contributed by atoms with Gasteiger partial charge in [-0.1, -0.05) is 42.5 Å². The Bertz CT molecular complexity index is 1240. The molecule has 2 aromatic carbocycles. The summed E-state index contributed by atoms with van der Waals surface area (Å²) in [5.74, 6) is 0.336. The third kappa shape index (κ3) is 5.48. The second-order valence-corrected chi connectivity index (χ2v) is 7.51. The Morgan fingerprint density at radius 3 is 2.69 bits per heavy atom. The minimum atomic E-state index is -0.571. The zero-order chi connectivity index (χ0) is 22.9.